The van der Waals surface area contributed by atoms with Crippen LogP contribution < -0.4 is 5.73 Å². The molecule has 0 unspecified atom stereocenters. The molecule has 0 saturated carbocycles. The van der Waals surface area contributed by atoms with E-state index in [0.717, 1.165) is 4.88 Å². The molecule has 1 aromatic rings. The number of rotatable bonds is 3. The fraction of sp³-hybridized carbons (Fsp3) is 0.500. The van der Waals surface area contributed by atoms with Crippen LogP contribution in [0.2, 0.25) is 0 Å². The Labute approximate surface area is 79.0 Å². The second-order valence-electron chi connectivity index (χ2n) is 2.85. The number of aliphatic hydroxyl groups is 1. The van der Waals surface area contributed by atoms with E-state index >= 15 is 0 Å². The zero-order valence-corrected chi connectivity index (χ0v) is 7.94. The predicted octanol–water partition coefficient (Wildman–Crippen LogP) is 1.68. The molecule has 0 aromatic carbocycles. The molecule has 1 atom stereocenters. The summed E-state index contributed by atoms with van der Waals surface area (Å²) in [4.78, 5) is 1.33. The Balaban J connectivity index is 2.84. The molecule has 3 N–H and O–H groups in total. The molecule has 0 fully saturated rings. The van der Waals surface area contributed by atoms with Crippen molar-refractivity contribution in [3.8, 4) is 0 Å². The molecule has 74 valence electrons. The Hall–Kier alpha value is -0.520. The molecule has 0 aliphatic carbocycles. The molecule has 2 nitrogen and oxygen atoms in total. The molecule has 5 heteroatoms. The van der Waals surface area contributed by atoms with Crippen LogP contribution in [0.5, 0.6) is 0 Å². The van der Waals surface area contributed by atoms with Crippen LogP contribution in [0.15, 0.2) is 12.1 Å². The lowest BCUT2D eigenvalue weighted by Crippen LogP contribution is -2.35. The van der Waals surface area contributed by atoms with Crippen molar-refractivity contribution in [2.75, 3.05) is 6.61 Å². The van der Waals surface area contributed by atoms with Crippen molar-refractivity contribution >= 4 is 11.3 Å². The van der Waals surface area contributed by atoms with Gasteiger partial charge in [0.1, 0.15) is 12.6 Å². The van der Waals surface area contributed by atoms with Gasteiger partial charge in [0, 0.05) is 9.75 Å². The lowest BCUT2D eigenvalue weighted by molar-refractivity contribution is -0.0703. The van der Waals surface area contributed by atoms with Crippen molar-refractivity contribution < 1.29 is 13.9 Å². The smallest absolute Gasteiger partial charge is 0.290 e. The van der Waals surface area contributed by atoms with Gasteiger partial charge >= 0.3 is 0 Å². The van der Waals surface area contributed by atoms with Crippen molar-refractivity contribution in [2.24, 2.45) is 5.73 Å². The van der Waals surface area contributed by atoms with Crippen molar-refractivity contribution in [3.63, 3.8) is 0 Å². The van der Waals surface area contributed by atoms with Gasteiger partial charge in [-0.05, 0) is 19.1 Å². The van der Waals surface area contributed by atoms with Crippen LogP contribution in [-0.4, -0.2) is 17.6 Å². The zero-order valence-electron chi connectivity index (χ0n) is 7.13. The first-order chi connectivity index (χ1) is 5.97. The summed E-state index contributed by atoms with van der Waals surface area (Å²) in [7, 11) is 0. The second-order valence-corrected chi connectivity index (χ2v) is 4.16. The predicted molar refractivity (Wildman–Crippen MR) is 48.0 cm³/mol. The maximum Gasteiger partial charge on any atom is 0.290 e. The topological polar surface area (TPSA) is 46.2 Å². The number of hydrogen-bond donors (Lipinski definition) is 2. The zero-order chi connectivity index (χ0) is 10.1. The Morgan fingerprint density at radius 1 is 1.62 bits per heavy atom. The van der Waals surface area contributed by atoms with Crippen molar-refractivity contribution in [1.82, 2.24) is 0 Å². The summed E-state index contributed by atoms with van der Waals surface area (Å²) < 4.78 is 25.7. The molecule has 1 rings (SSSR count). The van der Waals surface area contributed by atoms with Gasteiger partial charge in [0.2, 0.25) is 0 Å². The van der Waals surface area contributed by atoms with Gasteiger partial charge in [-0.25, -0.2) is 8.78 Å². The molecule has 0 amide bonds. The second kappa shape index (κ2) is 3.69. The van der Waals surface area contributed by atoms with Crippen LogP contribution in [0.25, 0.3) is 0 Å². The summed E-state index contributed by atoms with van der Waals surface area (Å²) in [5.74, 6) is -3.24. The van der Waals surface area contributed by atoms with Crippen molar-refractivity contribution in [3.05, 3.63) is 21.9 Å². The summed E-state index contributed by atoms with van der Waals surface area (Å²) >= 11 is 1.22. The number of aryl methyl sites for hydroxylation is 1. The highest BCUT2D eigenvalue weighted by Gasteiger charge is 2.37. The molecule has 0 spiro atoms. The lowest BCUT2D eigenvalue weighted by atomic mass is 10.1. The maximum absolute atomic E-state index is 12.9. The van der Waals surface area contributed by atoms with E-state index in [2.05, 4.69) is 0 Å². The molecule has 0 aliphatic rings. The van der Waals surface area contributed by atoms with Crippen LogP contribution in [0.3, 0.4) is 0 Å². The minimum Gasteiger partial charge on any atom is -0.390 e. The highest BCUT2D eigenvalue weighted by Crippen LogP contribution is 2.32. The van der Waals surface area contributed by atoms with Gasteiger partial charge in [-0.15, -0.1) is 11.3 Å². The molecular weight excluding hydrogens is 196 g/mol. The number of halogens is 2. The number of aliphatic hydroxyl groups excluding tert-OH is 1. The number of alkyl halides is 2. The van der Waals surface area contributed by atoms with Gasteiger partial charge in [-0.2, -0.15) is 0 Å². The number of nitrogens with two attached hydrogens (primary N) is 1. The Bertz CT molecular complexity index is 287. The van der Waals surface area contributed by atoms with E-state index in [1.165, 1.54) is 11.3 Å². The van der Waals surface area contributed by atoms with E-state index < -0.39 is 18.6 Å². The van der Waals surface area contributed by atoms with Crippen LogP contribution in [-0.2, 0) is 0 Å². The highest BCUT2D eigenvalue weighted by molar-refractivity contribution is 7.12. The highest BCUT2D eigenvalue weighted by atomic mass is 32.1. The fourth-order valence-corrected chi connectivity index (χ4v) is 1.87. The summed E-state index contributed by atoms with van der Waals surface area (Å²) in [6.07, 6.45) is 0. The first-order valence-electron chi connectivity index (χ1n) is 3.78. The van der Waals surface area contributed by atoms with Crippen LogP contribution in [0, 0.1) is 6.92 Å². The molecule has 1 heterocycles. The average molecular weight is 207 g/mol. The van der Waals surface area contributed by atoms with E-state index in [-0.39, 0.29) is 0 Å². The molecule has 1 aromatic heterocycles. The van der Waals surface area contributed by atoms with E-state index in [0.29, 0.717) is 4.88 Å². The molecule has 0 bridgehead atoms. The third kappa shape index (κ3) is 2.24. The van der Waals surface area contributed by atoms with Gasteiger partial charge in [0.05, 0.1) is 0 Å². The van der Waals surface area contributed by atoms with E-state index in [1.807, 2.05) is 6.92 Å². The minimum atomic E-state index is -3.24. The average Bonchev–Trinajstić information content (AvgIpc) is 2.50. The summed E-state index contributed by atoms with van der Waals surface area (Å²) in [6, 6.07) is 1.89. The van der Waals surface area contributed by atoms with Gasteiger partial charge < -0.3 is 10.8 Å². The summed E-state index contributed by atoms with van der Waals surface area (Å²) in [5.41, 5.74) is 5.30. The third-order valence-electron chi connectivity index (χ3n) is 1.73. The Morgan fingerprint density at radius 2 is 2.23 bits per heavy atom. The SMILES string of the molecule is Cc1ccc([C@@H](N)C(F)(F)CO)s1. The first-order valence-corrected chi connectivity index (χ1v) is 4.59. The van der Waals surface area contributed by atoms with Crippen LogP contribution in [0.4, 0.5) is 8.78 Å². The van der Waals surface area contributed by atoms with Crippen molar-refractivity contribution in [1.29, 1.82) is 0 Å². The molecule has 0 radical (unpaired) electrons. The van der Waals surface area contributed by atoms with E-state index in [1.54, 1.807) is 12.1 Å². The standard InChI is InChI=1S/C8H11F2NOS/c1-5-2-3-6(13-5)7(11)8(9,10)4-12/h2-3,7,12H,4,11H2,1H3/t7-/m1/s1. The molecule has 13 heavy (non-hydrogen) atoms. The summed E-state index contributed by atoms with van der Waals surface area (Å²) in [6.45, 7) is 0.600. The largest absolute Gasteiger partial charge is 0.390 e. The minimum absolute atomic E-state index is 0.400. The summed E-state index contributed by atoms with van der Waals surface area (Å²) in [5, 5.41) is 8.41. The lowest BCUT2D eigenvalue weighted by Gasteiger charge is -2.19. The fourth-order valence-electron chi connectivity index (χ4n) is 0.927. The number of thiophene rings is 1. The van der Waals surface area contributed by atoms with Gasteiger partial charge in [-0.1, -0.05) is 0 Å². The van der Waals surface area contributed by atoms with Gasteiger partial charge in [-0.3, -0.25) is 0 Å². The Morgan fingerprint density at radius 3 is 2.62 bits per heavy atom. The van der Waals surface area contributed by atoms with Crippen molar-refractivity contribution in [2.45, 2.75) is 18.9 Å². The Kier molecular flexibility index (Phi) is 3.00. The van der Waals surface area contributed by atoms with Crippen LogP contribution in [0.1, 0.15) is 15.8 Å². The molecule has 0 aliphatic heterocycles. The number of hydrogen-bond acceptors (Lipinski definition) is 3. The third-order valence-corrected chi connectivity index (χ3v) is 2.82. The maximum atomic E-state index is 12.9. The van der Waals surface area contributed by atoms with Crippen LogP contribution >= 0.6 is 11.3 Å². The van der Waals surface area contributed by atoms with E-state index in [4.69, 9.17) is 10.8 Å². The van der Waals surface area contributed by atoms with Gasteiger partial charge in [0.25, 0.3) is 5.92 Å². The molecule has 0 saturated heterocycles. The van der Waals surface area contributed by atoms with E-state index in [9.17, 15) is 8.78 Å². The normalized spacial score (nSPS) is 14.5. The first kappa shape index (κ1) is 10.6. The quantitative estimate of drug-likeness (QED) is 0.792. The molecular formula is C8H11F2NOS. The monoisotopic (exact) mass is 207 g/mol. The van der Waals surface area contributed by atoms with Gasteiger partial charge in [0.15, 0.2) is 0 Å².